The molecule has 0 unspecified atom stereocenters. The lowest BCUT2D eigenvalue weighted by atomic mass is 10.2. The van der Waals surface area contributed by atoms with Crippen molar-refractivity contribution in [3.05, 3.63) is 46.2 Å². The van der Waals surface area contributed by atoms with Crippen LogP contribution in [0.1, 0.15) is 33.7 Å². The van der Waals surface area contributed by atoms with E-state index in [0.29, 0.717) is 27.8 Å². The normalized spacial score (nSPS) is 10.6. The fourth-order valence-electron chi connectivity index (χ4n) is 1.85. The third-order valence-corrected chi connectivity index (χ3v) is 4.21. The van der Waals surface area contributed by atoms with E-state index >= 15 is 0 Å². The number of hydrogen-bond donors (Lipinski definition) is 1. The van der Waals surface area contributed by atoms with Gasteiger partial charge in [0.05, 0.1) is 0 Å². The van der Waals surface area contributed by atoms with Crippen molar-refractivity contribution in [1.29, 1.82) is 0 Å². The molecule has 2 heterocycles. The highest BCUT2D eigenvalue weighted by Gasteiger charge is 2.10. The van der Waals surface area contributed by atoms with Crippen molar-refractivity contribution in [3.63, 3.8) is 0 Å². The first-order valence-corrected chi connectivity index (χ1v) is 8.12. The lowest BCUT2D eigenvalue weighted by molar-refractivity contribution is 0.102. The first-order valence-electron chi connectivity index (χ1n) is 7.30. The standard InChI is InChI=1S/C15H15N5O3S/c1-3-13-17-18-15(24-13)16-14(21)10-4-6-11(7-5-10)22-8-12-9(2)19-23-20-12/h4-7H,3,8H2,1-2H3,(H,16,18,21). The average Bonchev–Trinajstić information content (AvgIpc) is 3.22. The maximum absolute atomic E-state index is 12.2. The fraction of sp³-hybridized carbons (Fsp3) is 0.267. The van der Waals surface area contributed by atoms with Gasteiger partial charge in [-0.25, -0.2) is 4.63 Å². The van der Waals surface area contributed by atoms with Crippen molar-refractivity contribution in [1.82, 2.24) is 20.5 Å². The van der Waals surface area contributed by atoms with Gasteiger partial charge in [0.1, 0.15) is 28.8 Å². The zero-order valence-corrected chi connectivity index (χ0v) is 14.0. The summed E-state index contributed by atoms with van der Waals surface area (Å²) in [7, 11) is 0. The summed E-state index contributed by atoms with van der Waals surface area (Å²) in [4.78, 5) is 12.2. The van der Waals surface area contributed by atoms with Gasteiger partial charge in [-0.15, -0.1) is 10.2 Å². The first kappa shape index (κ1) is 16.1. The SMILES string of the molecule is CCc1nnc(NC(=O)c2ccc(OCc3nonc3C)cc2)s1. The smallest absolute Gasteiger partial charge is 0.257 e. The molecule has 3 rings (SSSR count). The Bertz CT molecular complexity index is 828. The number of carbonyl (C=O) groups excluding carboxylic acids is 1. The highest BCUT2D eigenvalue weighted by Crippen LogP contribution is 2.18. The minimum atomic E-state index is -0.239. The summed E-state index contributed by atoms with van der Waals surface area (Å²) in [6.45, 7) is 4.03. The molecule has 3 aromatic rings. The number of aryl methyl sites for hydroxylation is 2. The molecule has 0 saturated heterocycles. The number of hydrogen-bond acceptors (Lipinski definition) is 8. The number of amides is 1. The molecule has 0 bridgehead atoms. The second-order valence-electron chi connectivity index (χ2n) is 4.92. The molecule has 1 amide bonds. The third-order valence-electron chi connectivity index (χ3n) is 3.23. The van der Waals surface area contributed by atoms with Crippen molar-refractivity contribution < 1.29 is 14.2 Å². The van der Waals surface area contributed by atoms with Crippen molar-refractivity contribution in [2.45, 2.75) is 26.9 Å². The first-order chi connectivity index (χ1) is 11.7. The van der Waals surface area contributed by atoms with E-state index in [1.54, 1.807) is 31.2 Å². The van der Waals surface area contributed by atoms with E-state index in [1.807, 2.05) is 6.92 Å². The van der Waals surface area contributed by atoms with E-state index in [9.17, 15) is 4.79 Å². The van der Waals surface area contributed by atoms with Gasteiger partial charge < -0.3 is 4.74 Å². The highest BCUT2D eigenvalue weighted by molar-refractivity contribution is 7.15. The largest absolute Gasteiger partial charge is 0.487 e. The summed E-state index contributed by atoms with van der Waals surface area (Å²) in [6.07, 6.45) is 0.792. The molecule has 1 aromatic carbocycles. The monoisotopic (exact) mass is 345 g/mol. The Kier molecular flexibility index (Phi) is 4.80. The molecule has 0 aliphatic carbocycles. The number of carbonyl (C=O) groups is 1. The Labute approximate surface area is 141 Å². The van der Waals surface area contributed by atoms with E-state index in [0.717, 1.165) is 11.4 Å². The molecule has 0 aliphatic heterocycles. The molecule has 1 N–H and O–H groups in total. The third kappa shape index (κ3) is 3.74. The van der Waals surface area contributed by atoms with Gasteiger partial charge in [-0.1, -0.05) is 28.6 Å². The molecule has 124 valence electrons. The highest BCUT2D eigenvalue weighted by atomic mass is 32.1. The molecule has 0 fully saturated rings. The van der Waals surface area contributed by atoms with Crippen LogP contribution in [-0.4, -0.2) is 26.4 Å². The predicted octanol–water partition coefficient (Wildman–Crippen LogP) is 2.62. The van der Waals surface area contributed by atoms with Gasteiger partial charge >= 0.3 is 0 Å². The fourth-order valence-corrected chi connectivity index (χ4v) is 2.53. The average molecular weight is 345 g/mol. The van der Waals surface area contributed by atoms with E-state index in [2.05, 4.69) is 30.5 Å². The minimum absolute atomic E-state index is 0.239. The summed E-state index contributed by atoms with van der Waals surface area (Å²) in [5.74, 6) is 0.384. The Morgan fingerprint density at radius 3 is 2.67 bits per heavy atom. The van der Waals surface area contributed by atoms with Crippen LogP contribution in [0.5, 0.6) is 5.75 Å². The van der Waals surface area contributed by atoms with Gasteiger partial charge in [0.25, 0.3) is 5.91 Å². The lowest BCUT2D eigenvalue weighted by Crippen LogP contribution is -2.11. The lowest BCUT2D eigenvalue weighted by Gasteiger charge is -2.05. The Balaban J connectivity index is 1.59. The number of benzene rings is 1. The minimum Gasteiger partial charge on any atom is -0.487 e. The second-order valence-corrected chi connectivity index (χ2v) is 5.98. The second kappa shape index (κ2) is 7.18. The molecule has 9 heteroatoms. The number of anilines is 1. The topological polar surface area (TPSA) is 103 Å². The number of ether oxygens (including phenoxy) is 1. The van der Waals surface area contributed by atoms with Gasteiger partial charge in [-0.3, -0.25) is 10.1 Å². The molecule has 8 nitrogen and oxygen atoms in total. The van der Waals surface area contributed by atoms with E-state index in [1.165, 1.54) is 11.3 Å². The number of aromatic nitrogens is 4. The Morgan fingerprint density at radius 2 is 2.04 bits per heavy atom. The molecule has 0 spiro atoms. The summed E-state index contributed by atoms with van der Waals surface area (Å²) in [6, 6.07) is 6.80. The van der Waals surface area contributed by atoms with Gasteiger partial charge in [0.15, 0.2) is 0 Å². The zero-order chi connectivity index (χ0) is 16.9. The predicted molar refractivity (Wildman–Crippen MR) is 87.0 cm³/mol. The van der Waals surface area contributed by atoms with E-state index in [-0.39, 0.29) is 12.5 Å². The Morgan fingerprint density at radius 1 is 1.25 bits per heavy atom. The Hall–Kier alpha value is -2.81. The quantitative estimate of drug-likeness (QED) is 0.732. The molecule has 0 atom stereocenters. The van der Waals surface area contributed by atoms with Crippen molar-refractivity contribution >= 4 is 22.4 Å². The maximum atomic E-state index is 12.2. The van der Waals surface area contributed by atoms with Crippen molar-refractivity contribution in [2.75, 3.05) is 5.32 Å². The van der Waals surface area contributed by atoms with Crippen molar-refractivity contribution in [3.8, 4) is 5.75 Å². The van der Waals surface area contributed by atoms with E-state index < -0.39 is 0 Å². The number of nitrogens with one attached hydrogen (secondary N) is 1. The summed E-state index contributed by atoms with van der Waals surface area (Å²) in [5, 5.41) is 19.4. The van der Waals surface area contributed by atoms with Crippen LogP contribution >= 0.6 is 11.3 Å². The van der Waals surface area contributed by atoms with Crippen LogP contribution in [0.3, 0.4) is 0 Å². The molecule has 0 saturated carbocycles. The molecular formula is C15H15N5O3S. The van der Waals surface area contributed by atoms with Gasteiger partial charge in [-0.05, 0) is 37.6 Å². The van der Waals surface area contributed by atoms with Crippen LogP contribution in [0, 0.1) is 6.92 Å². The van der Waals surface area contributed by atoms with Crippen LogP contribution in [0.25, 0.3) is 0 Å². The summed E-state index contributed by atoms with van der Waals surface area (Å²) >= 11 is 1.37. The molecule has 24 heavy (non-hydrogen) atoms. The van der Waals surface area contributed by atoms with Crippen LogP contribution in [-0.2, 0) is 13.0 Å². The van der Waals surface area contributed by atoms with Crippen LogP contribution in [0.4, 0.5) is 5.13 Å². The molecular weight excluding hydrogens is 330 g/mol. The van der Waals surface area contributed by atoms with Crippen molar-refractivity contribution in [2.24, 2.45) is 0 Å². The number of rotatable bonds is 6. The summed E-state index contributed by atoms with van der Waals surface area (Å²) in [5.41, 5.74) is 1.84. The molecule has 0 aliphatic rings. The van der Waals surface area contributed by atoms with Crippen LogP contribution in [0.15, 0.2) is 28.9 Å². The maximum Gasteiger partial charge on any atom is 0.257 e. The molecule has 0 radical (unpaired) electrons. The zero-order valence-electron chi connectivity index (χ0n) is 13.1. The van der Waals surface area contributed by atoms with Crippen LogP contribution in [0.2, 0.25) is 0 Å². The van der Waals surface area contributed by atoms with Gasteiger partial charge in [0, 0.05) is 5.56 Å². The van der Waals surface area contributed by atoms with Crippen LogP contribution < -0.4 is 10.1 Å². The van der Waals surface area contributed by atoms with E-state index in [4.69, 9.17) is 4.74 Å². The molecule has 2 aromatic heterocycles. The van der Waals surface area contributed by atoms with Gasteiger partial charge in [0.2, 0.25) is 5.13 Å². The summed E-state index contributed by atoms with van der Waals surface area (Å²) < 4.78 is 10.2. The number of nitrogens with zero attached hydrogens (tertiary/aromatic N) is 4. The van der Waals surface area contributed by atoms with Gasteiger partial charge in [-0.2, -0.15) is 0 Å².